The van der Waals surface area contributed by atoms with Crippen LogP contribution in [0.3, 0.4) is 0 Å². The van der Waals surface area contributed by atoms with Crippen LogP contribution >= 0.6 is 0 Å². The second kappa shape index (κ2) is 4.13. The van der Waals surface area contributed by atoms with Gasteiger partial charge in [-0.3, -0.25) is 0 Å². The fourth-order valence-electron chi connectivity index (χ4n) is 2.51. The molecule has 0 saturated heterocycles. The zero-order valence-electron chi connectivity index (χ0n) is 9.10. The molecule has 0 unspecified atom stereocenters. The normalized spacial score (nSPS) is 18.9. The molecule has 1 aliphatic rings. The van der Waals surface area contributed by atoms with E-state index in [0.717, 1.165) is 12.3 Å². The van der Waals surface area contributed by atoms with Gasteiger partial charge in [0.1, 0.15) is 0 Å². The van der Waals surface area contributed by atoms with Crippen LogP contribution in [-0.4, -0.2) is 0 Å². The van der Waals surface area contributed by atoms with Crippen LogP contribution in [0.4, 0.5) is 0 Å². The van der Waals surface area contributed by atoms with Crippen molar-refractivity contribution in [2.75, 3.05) is 0 Å². The molecule has 0 amide bonds. The highest BCUT2D eigenvalue weighted by Gasteiger charge is 2.31. The summed E-state index contributed by atoms with van der Waals surface area (Å²) < 4.78 is 0. The van der Waals surface area contributed by atoms with Crippen molar-refractivity contribution >= 4 is 0 Å². The molecule has 0 heteroatoms. The number of rotatable bonds is 4. The maximum atomic E-state index is 4.01. The van der Waals surface area contributed by atoms with Crippen LogP contribution in [0.2, 0.25) is 0 Å². The topological polar surface area (TPSA) is 0 Å². The molecule has 0 radical (unpaired) electrons. The number of hydrogen-bond acceptors (Lipinski definition) is 0. The minimum Gasteiger partial charge on any atom is -0.0988 e. The summed E-state index contributed by atoms with van der Waals surface area (Å²) in [5.74, 6) is 0.907. The number of allylic oxidation sites excluding steroid dienone is 2. The predicted octanol–water partition coefficient (Wildman–Crippen LogP) is 4.34. The van der Waals surface area contributed by atoms with Crippen molar-refractivity contribution in [1.29, 1.82) is 0 Å². The highest BCUT2D eigenvalue weighted by atomic mass is 14.4. The Morgan fingerprint density at radius 1 is 1.38 bits per heavy atom. The molecule has 0 aliphatic heterocycles. The molecule has 0 heterocycles. The van der Waals surface area contributed by atoms with Crippen LogP contribution in [-0.2, 0) is 0 Å². The van der Waals surface area contributed by atoms with E-state index >= 15 is 0 Å². The van der Waals surface area contributed by atoms with Gasteiger partial charge in [-0.25, -0.2) is 0 Å². The maximum Gasteiger partial charge on any atom is -0.0231 e. The van der Waals surface area contributed by atoms with Crippen LogP contribution < -0.4 is 0 Å². The molecule has 0 N–H and O–H groups in total. The van der Waals surface area contributed by atoms with Crippen molar-refractivity contribution in [2.24, 2.45) is 11.3 Å². The maximum absolute atomic E-state index is 4.01. The van der Waals surface area contributed by atoms with Gasteiger partial charge in [0.15, 0.2) is 0 Å². The summed E-state index contributed by atoms with van der Waals surface area (Å²) in [6, 6.07) is 0. The van der Waals surface area contributed by atoms with Crippen molar-refractivity contribution in [1.82, 2.24) is 0 Å². The first kappa shape index (κ1) is 10.6. The summed E-state index contributed by atoms with van der Waals surface area (Å²) in [6.45, 7) is 12.5. The SMILES string of the molecule is C=CC(=C)CC(C)(C)C1CCCC1. The Balaban J connectivity index is 2.52. The molecule has 0 atom stereocenters. The first-order valence-electron chi connectivity index (χ1n) is 5.36. The largest absolute Gasteiger partial charge is 0.0988 e. The summed E-state index contributed by atoms with van der Waals surface area (Å²) in [4.78, 5) is 0. The highest BCUT2D eigenvalue weighted by molar-refractivity contribution is 5.13. The van der Waals surface area contributed by atoms with Crippen molar-refractivity contribution in [2.45, 2.75) is 46.0 Å². The van der Waals surface area contributed by atoms with Crippen LogP contribution in [0.1, 0.15) is 46.0 Å². The average molecular weight is 178 g/mol. The molecule has 0 spiro atoms. The Labute approximate surface area is 82.7 Å². The van der Waals surface area contributed by atoms with E-state index in [9.17, 15) is 0 Å². The first-order chi connectivity index (χ1) is 6.06. The van der Waals surface area contributed by atoms with Crippen LogP contribution in [0, 0.1) is 11.3 Å². The van der Waals surface area contributed by atoms with Crippen molar-refractivity contribution < 1.29 is 0 Å². The molecule has 0 nitrogen and oxygen atoms in total. The fraction of sp³-hybridized carbons (Fsp3) is 0.692. The smallest absolute Gasteiger partial charge is 0.0231 e. The molecule has 0 bridgehead atoms. The lowest BCUT2D eigenvalue weighted by molar-refractivity contribution is 0.217. The Kier molecular flexibility index (Phi) is 3.35. The van der Waals surface area contributed by atoms with E-state index in [4.69, 9.17) is 0 Å². The van der Waals surface area contributed by atoms with E-state index in [0.29, 0.717) is 5.41 Å². The quantitative estimate of drug-likeness (QED) is 0.562. The van der Waals surface area contributed by atoms with Crippen molar-refractivity contribution in [3.05, 3.63) is 24.8 Å². The monoisotopic (exact) mass is 178 g/mol. The van der Waals surface area contributed by atoms with Crippen LogP contribution in [0.15, 0.2) is 24.8 Å². The standard InChI is InChI=1S/C13H22/c1-5-11(2)10-13(3,4)12-8-6-7-9-12/h5,12H,1-2,6-10H2,3-4H3. The lowest BCUT2D eigenvalue weighted by atomic mass is 9.73. The zero-order valence-corrected chi connectivity index (χ0v) is 9.10. The minimum absolute atomic E-state index is 0.432. The van der Waals surface area contributed by atoms with Gasteiger partial charge in [0.2, 0.25) is 0 Å². The molecular formula is C13H22. The van der Waals surface area contributed by atoms with E-state index in [1.165, 1.54) is 31.3 Å². The second-order valence-corrected chi connectivity index (χ2v) is 5.01. The fourth-order valence-corrected chi connectivity index (χ4v) is 2.51. The van der Waals surface area contributed by atoms with Crippen molar-refractivity contribution in [3.63, 3.8) is 0 Å². The van der Waals surface area contributed by atoms with Gasteiger partial charge in [-0.1, -0.05) is 51.5 Å². The van der Waals surface area contributed by atoms with Gasteiger partial charge in [-0.15, -0.1) is 0 Å². The average Bonchev–Trinajstić information content (AvgIpc) is 2.55. The van der Waals surface area contributed by atoms with Gasteiger partial charge in [-0.2, -0.15) is 0 Å². The lowest BCUT2D eigenvalue weighted by Gasteiger charge is -2.31. The highest BCUT2D eigenvalue weighted by Crippen LogP contribution is 2.43. The van der Waals surface area contributed by atoms with Gasteiger partial charge in [0.05, 0.1) is 0 Å². The third-order valence-corrected chi connectivity index (χ3v) is 3.43. The van der Waals surface area contributed by atoms with Gasteiger partial charge >= 0.3 is 0 Å². The lowest BCUT2D eigenvalue weighted by Crippen LogP contribution is -2.21. The molecule has 0 aromatic carbocycles. The summed E-state index contributed by atoms with van der Waals surface area (Å²) in [6.07, 6.45) is 8.69. The summed E-state index contributed by atoms with van der Waals surface area (Å²) >= 11 is 0. The van der Waals surface area contributed by atoms with E-state index < -0.39 is 0 Å². The molecule has 1 aliphatic carbocycles. The first-order valence-corrected chi connectivity index (χ1v) is 5.36. The molecule has 74 valence electrons. The van der Waals surface area contributed by atoms with E-state index in [1.54, 1.807) is 0 Å². The summed E-state index contributed by atoms with van der Waals surface area (Å²) in [5, 5.41) is 0. The molecule has 0 aromatic heterocycles. The van der Waals surface area contributed by atoms with Crippen LogP contribution in [0.5, 0.6) is 0 Å². The van der Waals surface area contributed by atoms with Crippen molar-refractivity contribution in [3.8, 4) is 0 Å². The Morgan fingerprint density at radius 2 is 1.92 bits per heavy atom. The molecule has 13 heavy (non-hydrogen) atoms. The predicted molar refractivity (Wildman–Crippen MR) is 59.7 cm³/mol. The molecular weight excluding hydrogens is 156 g/mol. The molecule has 1 saturated carbocycles. The summed E-state index contributed by atoms with van der Waals surface area (Å²) in [5.41, 5.74) is 1.62. The van der Waals surface area contributed by atoms with Gasteiger partial charge in [-0.05, 0) is 30.6 Å². The molecule has 1 fully saturated rings. The molecule has 1 rings (SSSR count). The zero-order chi connectivity index (χ0) is 9.90. The third-order valence-electron chi connectivity index (χ3n) is 3.43. The summed E-state index contributed by atoms with van der Waals surface area (Å²) in [7, 11) is 0. The minimum atomic E-state index is 0.432. The van der Waals surface area contributed by atoms with Gasteiger partial charge < -0.3 is 0 Å². The molecule has 0 aromatic rings. The van der Waals surface area contributed by atoms with E-state index in [-0.39, 0.29) is 0 Å². The van der Waals surface area contributed by atoms with Crippen LogP contribution in [0.25, 0.3) is 0 Å². The Bertz CT molecular complexity index is 192. The third kappa shape index (κ3) is 2.72. The Hall–Kier alpha value is -0.520. The Morgan fingerprint density at radius 3 is 2.38 bits per heavy atom. The number of hydrogen-bond donors (Lipinski definition) is 0. The van der Waals surface area contributed by atoms with Gasteiger partial charge in [0.25, 0.3) is 0 Å². The van der Waals surface area contributed by atoms with Gasteiger partial charge in [0, 0.05) is 0 Å². The second-order valence-electron chi connectivity index (χ2n) is 5.01. The van der Waals surface area contributed by atoms with E-state index in [1.807, 2.05) is 6.08 Å². The van der Waals surface area contributed by atoms with E-state index in [2.05, 4.69) is 27.0 Å².